The average Bonchev–Trinajstić information content (AvgIpc) is 4.13. The predicted molar refractivity (Wildman–Crippen MR) is 297 cm³/mol. The van der Waals surface area contributed by atoms with Gasteiger partial charge in [-0.15, -0.1) is 0 Å². The van der Waals surface area contributed by atoms with Gasteiger partial charge in [-0.2, -0.15) is 8.61 Å². The Kier molecular flexibility index (Phi) is 19.8. The molecular weight excluding hydrogens is 1080 g/mol. The van der Waals surface area contributed by atoms with Crippen LogP contribution in [-0.2, 0) is 74.7 Å². The van der Waals surface area contributed by atoms with Gasteiger partial charge >= 0.3 is 0 Å². The maximum Gasteiger partial charge on any atom is 0.254 e. The summed E-state index contributed by atoms with van der Waals surface area (Å²) < 4.78 is 109. The van der Waals surface area contributed by atoms with Crippen LogP contribution in [0.15, 0.2) is 131 Å². The van der Waals surface area contributed by atoms with Crippen LogP contribution in [0.25, 0.3) is 0 Å². The molecule has 78 heavy (non-hydrogen) atoms. The minimum atomic E-state index is -3.99. The molecule has 20 nitrogen and oxygen atoms in total. The molecule has 0 aliphatic carbocycles. The van der Waals surface area contributed by atoms with Gasteiger partial charge in [0.1, 0.15) is 13.1 Å². The van der Waals surface area contributed by atoms with E-state index in [9.17, 15) is 52.8 Å². The first-order valence-electron chi connectivity index (χ1n) is 25.2. The highest BCUT2D eigenvalue weighted by molar-refractivity contribution is 7.92. The fourth-order valence-electron chi connectivity index (χ4n) is 8.88. The SMILES string of the molecule is C=CS(=O)(=O)NC[C@H]1CCN(S(=O)(=O)c2ccc(C(=O)N(CC(=O)N(C)C)Cc3cccc(CN(C)C(=O)CN(Cc4ccc(C(C)(C)C)cc4)C(=O)c4ccc(S(=O)(=O)N5CC[C@H](CNS(=O)(=O)C=C)C5)cc4)c3)cc2)C1. The molecule has 0 radical (unpaired) electrons. The van der Waals surface area contributed by atoms with Crippen LogP contribution in [0.1, 0.15) is 76.6 Å². The number of rotatable bonds is 24. The van der Waals surface area contributed by atoms with Crippen LogP contribution < -0.4 is 9.44 Å². The zero-order valence-corrected chi connectivity index (χ0v) is 48.1. The van der Waals surface area contributed by atoms with Crippen LogP contribution in [0, 0.1) is 11.8 Å². The molecule has 2 N–H and O–H groups in total. The van der Waals surface area contributed by atoms with Crippen molar-refractivity contribution in [3.63, 3.8) is 0 Å². The number of carbonyl (C=O) groups is 4. The molecule has 4 amide bonds. The molecule has 4 aromatic rings. The molecule has 2 fully saturated rings. The molecule has 422 valence electrons. The second kappa shape index (κ2) is 25.3. The maximum absolute atomic E-state index is 14.4. The normalized spacial score (nSPS) is 16.6. The zero-order valence-electron chi connectivity index (χ0n) is 44.9. The standard InChI is InChI=1S/C54H70N8O12S4/c1-9-75(67,68)55-31-43-26-28-61(36-43)77(71,72)48-22-16-45(17-23-48)52(65)59(34-40-14-20-47(21-15-40)54(3,4)5)39-51(64)58(8)33-41-12-11-13-42(30-41)35-60(38-50(63)57(6)7)53(66)46-18-24-49(25-19-46)78(73,74)62-29-27-44(37-62)32-56-76(69,70)10-2/h9-25,30,43-44,55-56H,1-2,26-29,31-39H2,3-8H3/t43-,44-/m1/s1. The lowest BCUT2D eigenvalue weighted by atomic mass is 9.87. The van der Waals surface area contributed by atoms with E-state index in [2.05, 4.69) is 43.4 Å². The summed E-state index contributed by atoms with van der Waals surface area (Å²) in [7, 11) is -10.6. The van der Waals surface area contributed by atoms with E-state index in [1.54, 1.807) is 45.4 Å². The summed E-state index contributed by atoms with van der Waals surface area (Å²) >= 11 is 0. The summed E-state index contributed by atoms with van der Waals surface area (Å²) in [5, 5.41) is 1.59. The fraction of sp³-hybridized carbons (Fsp3) is 0.407. The maximum atomic E-state index is 14.4. The van der Waals surface area contributed by atoms with Crippen molar-refractivity contribution < 1.29 is 52.8 Å². The Balaban J connectivity index is 1.15. The first-order valence-corrected chi connectivity index (χ1v) is 31.1. The topological polar surface area (TPSA) is 248 Å². The molecule has 2 heterocycles. The Bertz CT molecular complexity index is 3310. The molecule has 0 unspecified atom stereocenters. The van der Waals surface area contributed by atoms with Crippen molar-refractivity contribution >= 4 is 63.7 Å². The van der Waals surface area contributed by atoms with Crippen LogP contribution in [0.3, 0.4) is 0 Å². The van der Waals surface area contributed by atoms with Crippen LogP contribution in [0.5, 0.6) is 0 Å². The van der Waals surface area contributed by atoms with E-state index in [1.165, 1.54) is 76.7 Å². The third kappa shape index (κ3) is 16.0. The number of benzene rings is 4. The number of hydrogen-bond donors (Lipinski definition) is 2. The summed E-state index contributed by atoms with van der Waals surface area (Å²) in [5.41, 5.74) is 3.31. The largest absolute Gasteiger partial charge is 0.347 e. The van der Waals surface area contributed by atoms with Crippen molar-refractivity contribution in [1.82, 2.24) is 37.7 Å². The van der Waals surface area contributed by atoms with E-state index in [-0.39, 0.29) is 116 Å². The quantitative estimate of drug-likeness (QED) is 0.100. The van der Waals surface area contributed by atoms with Crippen LogP contribution in [0.4, 0.5) is 0 Å². The van der Waals surface area contributed by atoms with Crippen molar-refractivity contribution in [3.8, 4) is 0 Å². The Morgan fingerprint density at radius 3 is 1.40 bits per heavy atom. The van der Waals surface area contributed by atoms with Gasteiger partial charge in [0.25, 0.3) is 11.8 Å². The minimum Gasteiger partial charge on any atom is -0.347 e. The lowest BCUT2D eigenvalue weighted by Crippen LogP contribution is -2.41. The van der Waals surface area contributed by atoms with Crippen LogP contribution >= 0.6 is 0 Å². The van der Waals surface area contributed by atoms with Gasteiger partial charge in [-0.05, 0) is 101 Å². The lowest BCUT2D eigenvalue weighted by Gasteiger charge is -2.27. The van der Waals surface area contributed by atoms with Gasteiger partial charge in [0, 0.05) is 102 Å². The smallest absolute Gasteiger partial charge is 0.254 e. The third-order valence-corrected chi connectivity index (χ3v) is 19.5. The van der Waals surface area contributed by atoms with E-state index >= 15 is 0 Å². The highest BCUT2D eigenvalue weighted by atomic mass is 32.2. The second-order valence-electron chi connectivity index (χ2n) is 20.8. The number of nitrogens with one attached hydrogen (secondary N) is 2. The van der Waals surface area contributed by atoms with Crippen molar-refractivity contribution in [3.05, 3.63) is 154 Å². The van der Waals surface area contributed by atoms with Gasteiger partial charge in [0.05, 0.1) is 9.79 Å². The summed E-state index contributed by atoms with van der Waals surface area (Å²) in [4.78, 5) is 61.2. The zero-order chi connectivity index (χ0) is 57.4. The van der Waals surface area contributed by atoms with E-state index < -0.39 is 57.8 Å². The number of likely N-dealkylation sites (N-methyl/N-ethyl adjacent to an activating group) is 2. The number of amides is 4. The number of carbonyl (C=O) groups excluding carboxylic acids is 4. The van der Waals surface area contributed by atoms with E-state index in [1.807, 2.05) is 24.3 Å². The van der Waals surface area contributed by atoms with Crippen molar-refractivity contribution in [2.24, 2.45) is 11.8 Å². The van der Waals surface area contributed by atoms with Gasteiger partial charge < -0.3 is 19.6 Å². The molecule has 4 aromatic carbocycles. The molecule has 24 heteroatoms. The van der Waals surface area contributed by atoms with Gasteiger partial charge in [-0.3, -0.25) is 19.2 Å². The third-order valence-electron chi connectivity index (χ3n) is 13.7. The highest BCUT2D eigenvalue weighted by Gasteiger charge is 2.35. The highest BCUT2D eigenvalue weighted by Crippen LogP contribution is 2.28. The van der Waals surface area contributed by atoms with Crippen molar-refractivity contribution in [1.29, 1.82) is 0 Å². The molecule has 2 atom stereocenters. The number of hydrogen-bond acceptors (Lipinski definition) is 12. The molecule has 0 aromatic heterocycles. The summed E-state index contributed by atoms with van der Waals surface area (Å²) in [5.74, 6) is -2.31. The van der Waals surface area contributed by atoms with Crippen molar-refractivity contribution in [2.45, 2.75) is 68.5 Å². The molecule has 0 bridgehead atoms. The summed E-state index contributed by atoms with van der Waals surface area (Å²) in [6.45, 7) is 13.0. The fourth-order valence-corrected chi connectivity index (χ4v) is 13.1. The van der Waals surface area contributed by atoms with Crippen molar-refractivity contribution in [2.75, 3.05) is 73.5 Å². The molecule has 6 rings (SSSR count). The Hall–Kier alpha value is -6.12. The van der Waals surface area contributed by atoms with Crippen LogP contribution in [0.2, 0.25) is 0 Å². The molecule has 0 saturated carbocycles. The molecule has 0 spiro atoms. The monoisotopic (exact) mass is 1150 g/mol. The van der Waals surface area contributed by atoms with Gasteiger partial charge in [0.15, 0.2) is 0 Å². The van der Waals surface area contributed by atoms with Crippen LogP contribution in [-0.4, -0.2) is 159 Å². The minimum absolute atomic E-state index is 0.0241. The van der Waals surface area contributed by atoms with E-state index in [0.29, 0.717) is 24.0 Å². The summed E-state index contributed by atoms with van der Waals surface area (Å²) in [6.07, 6.45) is 0.890. The second-order valence-corrected chi connectivity index (χ2v) is 28.1. The first kappa shape index (κ1) is 61.1. The molecule has 2 aliphatic rings. The lowest BCUT2D eigenvalue weighted by molar-refractivity contribution is -0.131. The Morgan fingerprint density at radius 2 is 0.987 bits per heavy atom. The van der Waals surface area contributed by atoms with Gasteiger partial charge in [0.2, 0.25) is 51.9 Å². The van der Waals surface area contributed by atoms with E-state index in [0.717, 1.165) is 21.9 Å². The molecular formula is C54H70N8O12S4. The average molecular weight is 1150 g/mol. The Morgan fingerprint density at radius 1 is 0.577 bits per heavy atom. The Labute approximate surface area is 460 Å². The van der Waals surface area contributed by atoms with E-state index in [4.69, 9.17) is 0 Å². The van der Waals surface area contributed by atoms with Gasteiger partial charge in [-0.1, -0.05) is 82.5 Å². The van der Waals surface area contributed by atoms with Gasteiger partial charge in [-0.25, -0.2) is 43.1 Å². The first-order chi connectivity index (χ1) is 36.5. The molecule has 2 saturated heterocycles. The number of sulfonamides is 4. The predicted octanol–water partition coefficient (Wildman–Crippen LogP) is 4.16. The summed E-state index contributed by atoms with van der Waals surface area (Å²) in [6, 6.07) is 25.8. The molecule has 2 aliphatic heterocycles. The number of nitrogens with zero attached hydrogens (tertiary/aromatic N) is 6.